The van der Waals surface area contributed by atoms with E-state index in [0.717, 1.165) is 17.3 Å². The molecule has 0 aromatic heterocycles. The van der Waals surface area contributed by atoms with Gasteiger partial charge in [0.2, 0.25) is 0 Å². The van der Waals surface area contributed by atoms with E-state index in [0.29, 0.717) is 6.54 Å². The third kappa shape index (κ3) is 7.02. The zero-order valence-electron chi connectivity index (χ0n) is 14.4. The predicted molar refractivity (Wildman–Crippen MR) is 89.9 cm³/mol. The Kier molecular flexibility index (Phi) is 5.64. The Morgan fingerprint density at radius 2 is 1.71 bits per heavy atom. The fourth-order valence-electron chi connectivity index (χ4n) is 1.79. The number of hydrogen-bond donors (Lipinski definition) is 2. The Balaban J connectivity index is 2.75. The van der Waals surface area contributed by atoms with Gasteiger partial charge < -0.3 is 15.4 Å². The summed E-state index contributed by atoms with van der Waals surface area (Å²) in [6.45, 7) is 13.2. The van der Waals surface area contributed by atoms with E-state index in [1.807, 2.05) is 18.2 Å². The maximum atomic E-state index is 6.00. The lowest BCUT2D eigenvalue weighted by molar-refractivity contribution is 0.129. The number of guanidine groups is 1. The van der Waals surface area contributed by atoms with Gasteiger partial charge in [0.1, 0.15) is 11.4 Å². The van der Waals surface area contributed by atoms with E-state index in [4.69, 9.17) is 4.74 Å². The van der Waals surface area contributed by atoms with Crippen LogP contribution in [0.25, 0.3) is 0 Å². The third-order valence-corrected chi connectivity index (χ3v) is 2.55. The molecule has 118 valence electrons. The van der Waals surface area contributed by atoms with Crippen molar-refractivity contribution in [3.05, 3.63) is 29.8 Å². The molecule has 1 rings (SSSR count). The standard InChI is InChI=1S/C17H29N3O/c1-16(2,3)20-15(18-7)19-12-13-10-8-9-11-14(13)21-17(4,5)6/h8-11H,12H2,1-7H3,(H2,18,19,20). The minimum absolute atomic E-state index is 0.0245. The number of nitrogens with zero attached hydrogens (tertiary/aromatic N) is 1. The maximum Gasteiger partial charge on any atom is 0.191 e. The SMILES string of the molecule is CN=C(NCc1ccccc1OC(C)(C)C)NC(C)(C)C. The normalized spacial score (nSPS) is 13.0. The van der Waals surface area contributed by atoms with E-state index in [-0.39, 0.29) is 11.1 Å². The molecule has 0 aliphatic carbocycles. The van der Waals surface area contributed by atoms with Gasteiger partial charge in [-0.2, -0.15) is 0 Å². The number of nitrogens with one attached hydrogen (secondary N) is 2. The molecule has 0 aliphatic heterocycles. The van der Waals surface area contributed by atoms with Crippen molar-refractivity contribution in [1.82, 2.24) is 10.6 Å². The van der Waals surface area contributed by atoms with Crippen molar-refractivity contribution in [1.29, 1.82) is 0 Å². The molecule has 0 amide bonds. The van der Waals surface area contributed by atoms with E-state index in [2.05, 4.69) is 63.2 Å². The molecular formula is C17H29N3O. The van der Waals surface area contributed by atoms with Crippen molar-refractivity contribution in [3.8, 4) is 5.75 Å². The van der Waals surface area contributed by atoms with E-state index in [1.165, 1.54) is 0 Å². The molecule has 0 heterocycles. The zero-order chi connectivity index (χ0) is 16.1. The van der Waals surface area contributed by atoms with E-state index >= 15 is 0 Å². The van der Waals surface area contributed by atoms with Gasteiger partial charge in [0, 0.05) is 24.7 Å². The predicted octanol–water partition coefficient (Wildman–Crippen LogP) is 3.33. The highest BCUT2D eigenvalue weighted by atomic mass is 16.5. The van der Waals surface area contributed by atoms with Gasteiger partial charge in [0.25, 0.3) is 0 Å². The van der Waals surface area contributed by atoms with E-state index in [1.54, 1.807) is 7.05 Å². The molecule has 0 saturated carbocycles. The number of benzene rings is 1. The average Bonchev–Trinajstić information content (AvgIpc) is 2.32. The third-order valence-electron chi connectivity index (χ3n) is 2.55. The van der Waals surface area contributed by atoms with Crippen molar-refractivity contribution in [2.75, 3.05) is 7.05 Å². The Morgan fingerprint density at radius 1 is 1.10 bits per heavy atom. The smallest absolute Gasteiger partial charge is 0.191 e. The summed E-state index contributed by atoms with van der Waals surface area (Å²) in [4.78, 5) is 4.25. The minimum atomic E-state index is -0.207. The molecule has 0 bridgehead atoms. The Hall–Kier alpha value is -1.71. The second kappa shape index (κ2) is 6.83. The molecule has 0 aliphatic rings. The summed E-state index contributed by atoms with van der Waals surface area (Å²) in [5.74, 6) is 1.69. The molecule has 0 spiro atoms. The number of rotatable bonds is 3. The fraction of sp³-hybridized carbons (Fsp3) is 0.588. The first-order valence-electron chi connectivity index (χ1n) is 7.36. The molecule has 0 radical (unpaired) electrons. The lowest BCUT2D eigenvalue weighted by Crippen LogP contribution is -2.47. The molecular weight excluding hydrogens is 262 g/mol. The summed E-state index contributed by atoms with van der Waals surface area (Å²) >= 11 is 0. The summed E-state index contributed by atoms with van der Waals surface area (Å²) in [6.07, 6.45) is 0. The fourth-order valence-corrected chi connectivity index (χ4v) is 1.79. The van der Waals surface area contributed by atoms with Crippen LogP contribution in [-0.2, 0) is 6.54 Å². The summed E-state index contributed by atoms with van der Waals surface area (Å²) in [7, 11) is 1.78. The molecule has 1 aromatic rings. The van der Waals surface area contributed by atoms with Crippen LogP contribution in [0.15, 0.2) is 29.3 Å². The van der Waals surface area contributed by atoms with Gasteiger partial charge >= 0.3 is 0 Å². The highest BCUT2D eigenvalue weighted by molar-refractivity contribution is 5.80. The average molecular weight is 291 g/mol. The number of aliphatic imine (C=N–C) groups is 1. The molecule has 2 N–H and O–H groups in total. The van der Waals surface area contributed by atoms with Gasteiger partial charge in [0.15, 0.2) is 5.96 Å². The lowest BCUT2D eigenvalue weighted by atomic mass is 10.1. The van der Waals surface area contributed by atoms with Crippen LogP contribution in [-0.4, -0.2) is 24.1 Å². The molecule has 0 fully saturated rings. The number of hydrogen-bond acceptors (Lipinski definition) is 2. The van der Waals surface area contributed by atoms with E-state index in [9.17, 15) is 0 Å². The Labute approximate surface area is 129 Å². The van der Waals surface area contributed by atoms with Gasteiger partial charge in [-0.1, -0.05) is 18.2 Å². The first kappa shape index (κ1) is 17.3. The summed E-state index contributed by atoms with van der Waals surface area (Å²) < 4.78 is 6.00. The molecule has 0 unspecified atom stereocenters. The molecule has 4 heteroatoms. The topological polar surface area (TPSA) is 45.7 Å². The second-order valence-corrected chi connectivity index (χ2v) is 7.12. The summed E-state index contributed by atoms with van der Waals surface area (Å²) in [6, 6.07) is 8.08. The molecule has 0 saturated heterocycles. The second-order valence-electron chi connectivity index (χ2n) is 7.12. The van der Waals surface area contributed by atoms with Crippen LogP contribution in [0.2, 0.25) is 0 Å². The maximum absolute atomic E-state index is 6.00. The summed E-state index contributed by atoms with van der Waals surface area (Å²) in [5.41, 5.74) is 0.884. The molecule has 21 heavy (non-hydrogen) atoms. The van der Waals surface area contributed by atoms with Gasteiger partial charge in [0.05, 0.1) is 0 Å². The molecule has 1 aromatic carbocycles. The monoisotopic (exact) mass is 291 g/mol. The van der Waals surface area contributed by atoms with Crippen LogP contribution >= 0.6 is 0 Å². The van der Waals surface area contributed by atoms with Crippen molar-refractivity contribution in [2.45, 2.75) is 59.2 Å². The van der Waals surface area contributed by atoms with Crippen LogP contribution < -0.4 is 15.4 Å². The Morgan fingerprint density at radius 3 is 2.24 bits per heavy atom. The number of para-hydroxylation sites is 1. The van der Waals surface area contributed by atoms with Gasteiger partial charge in [-0.25, -0.2) is 0 Å². The van der Waals surface area contributed by atoms with Crippen molar-refractivity contribution in [2.24, 2.45) is 4.99 Å². The zero-order valence-corrected chi connectivity index (χ0v) is 14.4. The largest absolute Gasteiger partial charge is 0.488 e. The van der Waals surface area contributed by atoms with Crippen LogP contribution in [0.4, 0.5) is 0 Å². The Bertz CT molecular complexity index is 482. The van der Waals surface area contributed by atoms with Crippen LogP contribution in [0.1, 0.15) is 47.1 Å². The first-order chi connectivity index (χ1) is 9.61. The number of ether oxygens (including phenoxy) is 1. The van der Waals surface area contributed by atoms with Crippen LogP contribution in [0.5, 0.6) is 5.75 Å². The van der Waals surface area contributed by atoms with Gasteiger partial charge in [-0.15, -0.1) is 0 Å². The highest BCUT2D eigenvalue weighted by Crippen LogP contribution is 2.22. The van der Waals surface area contributed by atoms with Crippen molar-refractivity contribution in [3.63, 3.8) is 0 Å². The minimum Gasteiger partial charge on any atom is -0.488 e. The van der Waals surface area contributed by atoms with Crippen molar-refractivity contribution >= 4 is 5.96 Å². The quantitative estimate of drug-likeness (QED) is 0.663. The first-order valence-corrected chi connectivity index (χ1v) is 7.36. The van der Waals surface area contributed by atoms with Crippen LogP contribution in [0, 0.1) is 0 Å². The van der Waals surface area contributed by atoms with E-state index < -0.39 is 0 Å². The lowest BCUT2D eigenvalue weighted by Gasteiger charge is -2.25. The van der Waals surface area contributed by atoms with Crippen molar-refractivity contribution < 1.29 is 4.74 Å². The molecule has 0 atom stereocenters. The highest BCUT2D eigenvalue weighted by Gasteiger charge is 2.15. The van der Waals surface area contributed by atoms with Gasteiger partial charge in [-0.3, -0.25) is 4.99 Å². The van der Waals surface area contributed by atoms with Crippen LogP contribution in [0.3, 0.4) is 0 Å². The summed E-state index contributed by atoms with van der Waals surface area (Å²) in [5, 5.41) is 6.67. The molecule has 4 nitrogen and oxygen atoms in total. The van der Waals surface area contributed by atoms with Gasteiger partial charge in [-0.05, 0) is 47.6 Å².